The summed E-state index contributed by atoms with van der Waals surface area (Å²) in [5.41, 5.74) is 5.81. The van der Waals surface area contributed by atoms with Gasteiger partial charge in [0.25, 0.3) is 0 Å². The Hall–Kier alpha value is -1.85. The topological polar surface area (TPSA) is 171 Å². The number of nitrogens with one attached hydrogen (secondary N) is 3. The summed E-state index contributed by atoms with van der Waals surface area (Å²) in [6.07, 6.45) is -0.605. The van der Waals surface area contributed by atoms with Crippen molar-refractivity contribution in [2.24, 2.45) is 11.7 Å². The van der Waals surface area contributed by atoms with Gasteiger partial charge in [-0.3, -0.25) is 19.2 Å². The van der Waals surface area contributed by atoms with E-state index in [9.17, 15) is 24.3 Å². The van der Waals surface area contributed by atoms with Crippen LogP contribution in [0.1, 0.15) is 27.2 Å². The third-order valence-electron chi connectivity index (χ3n) is 3.85. The number of hydrogen-bond acceptors (Lipinski definition) is 7. The molecule has 0 aliphatic heterocycles. The molecule has 5 atom stereocenters. The van der Waals surface area contributed by atoms with Gasteiger partial charge in [-0.2, -0.15) is 12.6 Å². The van der Waals surface area contributed by atoms with Gasteiger partial charge in [-0.1, -0.05) is 20.3 Å². The monoisotopic (exact) mass is 392 g/mol. The van der Waals surface area contributed by atoms with Crippen LogP contribution in [-0.2, 0) is 19.2 Å². The van der Waals surface area contributed by atoms with Gasteiger partial charge in [0.15, 0.2) is 0 Å². The third-order valence-corrected chi connectivity index (χ3v) is 4.22. The highest BCUT2D eigenvalue weighted by Gasteiger charge is 2.30. The van der Waals surface area contributed by atoms with E-state index in [1.165, 1.54) is 6.92 Å². The van der Waals surface area contributed by atoms with Crippen molar-refractivity contribution in [2.45, 2.75) is 51.4 Å². The van der Waals surface area contributed by atoms with E-state index in [0.717, 1.165) is 0 Å². The lowest BCUT2D eigenvalue weighted by Crippen LogP contribution is -2.59. The molecular weight excluding hydrogens is 364 g/mol. The SMILES string of the molecule is CCC(C)C(N)C(=O)NC(CS)C(=O)NC(C(=O)NCC(=O)O)C(C)O. The fourth-order valence-electron chi connectivity index (χ4n) is 1.91. The van der Waals surface area contributed by atoms with Crippen LogP contribution in [0.5, 0.6) is 0 Å². The molecule has 0 rings (SSSR count). The fourth-order valence-corrected chi connectivity index (χ4v) is 2.16. The smallest absolute Gasteiger partial charge is 0.322 e. The Morgan fingerprint density at radius 3 is 2.08 bits per heavy atom. The molecule has 0 fully saturated rings. The predicted octanol–water partition coefficient (Wildman–Crippen LogP) is -2.16. The second-order valence-corrected chi connectivity index (χ2v) is 6.36. The fraction of sp³-hybridized carbons (Fsp3) is 0.733. The Labute approximate surface area is 157 Å². The average Bonchev–Trinajstić information content (AvgIpc) is 2.59. The van der Waals surface area contributed by atoms with Gasteiger partial charge >= 0.3 is 5.97 Å². The molecule has 0 saturated heterocycles. The van der Waals surface area contributed by atoms with Crippen molar-refractivity contribution in [3.63, 3.8) is 0 Å². The van der Waals surface area contributed by atoms with E-state index in [-0.39, 0.29) is 11.7 Å². The van der Waals surface area contributed by atoms with Crippen LogP contribution in [0.15, 0.2) is 0 Å². The second-order valence-electron chi connectivity index (χ2n) is 5.99. The lowest BCUT2D eigenvalue weighted by Gasteiger charge is -2.25. The summed E-state index contributed by atoms with van der Waals surface area (Å²) >= 11 is 4.01. The summed E-state index contributed by atoms with van der Waals surface area (Å²) in [4.78, 5) is 46.8. The van der Waals surface area contributed by atoms with Crippen LogP contribution in [0.25, 0.3) is 0 Å². The molecular formula is C15H28N4O6S. The van der Waals surface area contributed by atoms with E-state index in [1.807, 2.05) is 6.92 Å². The van der Waals surface area contributed by atoms with E-state index >= 15 is 0 Å². The Balaban J connectivity index is 4.95. The maximum absolute atomic E-state index is 12.3. The standard InChI is InChI=1S/C15H28N4O6S/c1-4-7(2)11(16)14(24)18-9(6-26)13(23)19-12(8(3)20)15(25)17-5-10(21)22/h7-9,11-12,20,26H,4-6,16H2,1-3H3,(H,17,25)(H,18,24)(H,19,23)(H,21,22). The zero-order valence-electron chi connectivity index (χ0n) is 15.1. The Bertz CT molecular complexity index is 516. The highest BCUT2D eigenvalue weighted by molar-refractivity contribution is 7.80. The molecule has 0 radical (unpaired) electrons. The van der Waals surface area contributed by atoms with Gasteiger partial charge in [-0.05, 0) is 12.8 Å². The molecule has 0 aliphatic rings. The second kappa shape index (κ2) is 11.7. The molecule has 0 aromatic carbocycles. The van der Waals surface area contributed by atoms with Crippen LogP contribution >= 0.6 is 12.6 Å². The third kappa shape index (κ3) is 8.02. The number of aliphatic hydroxyl groups is 1. The lowest BCUT2D eigenvalue weighted by atomic mass is 9.99. The molecule has 11 heteroatoms. The first-order chi connectivity index (χ1) is 12.0. The molecule has 10 nitrogen and oxygen atoms in total. The van der Waals surface area contributed by atoms with E-state index in [4.69, 9.17) is 10.8 Å². The quantitative estimate of drug-likeness (QED) is 0.196. The maximum Gasteiger partial charge on any atom is 0.322 e. The van der Waals surface area contributed by atoms with Crippen LogP contribution in [0.2, 0.25) is 0 Å². The minimum absolute atomic E-state index is 0.0614. The van der Waals surface area contributed by atoms with Crippen LogP contribution in [0, 0.1) is 5.92 Å². The molecule has 0 aliphatic carbocycles. The lowest BCUT2D eigenvalue weighted by molar-refractivity contribution is -0.139. The number of carbonyl (C=O) groups is 4. The molecule has 0 heterocycles. The number of carboxylic acids is 1. The number of carboxylic acid groups (broad SMARTS) is 1. The molecule has 0 aromatic rings. The number of carbonyl (C=O) groups excluding carboxylic acids is 3. The highest BCUT2D eigenvalue weighted by atomic mass is 32.1. The number of aliphatic carboxylic acids is 1. The molecule has 7 N–H and O–H groups in total. The van der Waals surface area contributed by atoms with Crippen molar-refractivity contribution < 1.29 is 29.4 Å². The van der Waals surface area contributed by atoms with Gasteiger partial charge in [0, 0.05) is 5.75 Å². The largest absolute Gasteiger partial charge is 0.480 e. The maximum atomic E-state index is 12.3. The summed E-state index contributed by atoms with van der Waals surface area (Å²) in [5, 5.41) is 25.1. The minimum Gasteiger partial charge on any atom is -0.480 e. The summed E-state index contributed by atoms with van der Waals surface area (Å²) in [6, 6.07) is -3.26. The number of aliphatic hydroxyl groups excluding tert-OH is 1. The van der Waals surface area contributed by atoms with Gasteiger partial charge in [-0.25, -0.2) is 0 Å². The first kappa shape index (κ1) is 24.1. The van der Waals surface area contributed by atoms with E-state index in [2.05, 4.69) is 28.6 Å². The predicted molar refractivity (Wildman–Crippen MR) is 97.5 cm³/mol. The molecule has 0 saturated carbocycles. The summed E-state index contributed by atoms with van der Waals surface area (Å²) in [7, 11) is 0. The Morgan fingerprint density at radius 1 is 1.08 bits per heavy atom. The normalized spacial score (nSPS) is 16.5. The Morgan fingerprint density at radius 2 is 1.65 bits per heavy atom. The van der Waals surface area contributed by atoms with Gasteiger partial charge in [0.1, 0.15) is 18.6 Å². The molecule has 0 bridgehead atoms. The number of rotatable bonds is 11. The molecule has 26 heavy (non-hydrogen) atoms. The number of nitrogens with two attached hydrogens (primary N) is 1. The van der Waals surface area contributed by atoms with Crippen LogP contribution < -0.4 is 21.7 Å². The summed E-state index contributed by atoms with van der Waals surface area (Å²) in [6.45, 7) is 4.28. The minimum atomic E-state index is -1.38. The van der Waals surface area contributed by atoms with E-state index < -0.39 is 54.5 Å². The van der Waals surface area contributed by atoms with Crippen molar-refractivity contribution in [3.05, 3.63) is 0 Å². The first-order valence-electron chi connectivity index (χ1n) is 8.19. The van der Waals surface area contributed by atoms with E-state index in [1.54, 1.807) is 6.92 Å². The van der Waals surface area contributed by atoms with Crippen molar-refractivity contribution in [3.8, 4) is 0 Å². The van der Waals surface area contributed by atoms with Gasteiger partial charge in [0.05, 0.1) is 12.1 Å². The zero-order chi connectivity index (χ0) is 20.4. The summed E-state index contributed by atoms with van der Waals surface area (Å²) in [5.74, 6) is -3.57. The zero-order valence-corrected chi connectivity index (χ0v) is 16.0. The molecule has 3 amide bonds. The number of amides is 3. The van der Waals surface area contributed by atoms with Crippen LogP contribution in [-0.4, -0.2) is 70.4 Å². The molecule has 0 spiro atoms. The van der Waals surface area contributed by atoms with E-state index in [0.29, 0.717) is 6.42 Å². The van der Waals surface area contributed by atoms with Gasteiger partial charge in [0.2, 0.25) is 17.7 Å². The van der Waals surface area contributed by atoms with Crippen molar-refractivity contribution in [1.82, 2.24) is 16.0 Å². The van der Waals surface area contributed by atoms with Crippen LogP contribution in [0.4, 0.5) is 0 Å². The summed E-state index contributed by atoms with van der Waals surface area (Å²) < 4.78 is 0. The molecule has 150 valence electrons. The van der Waals surface area contributed by atoms with Crippen molar-refractivity contribution in [1.29, 1.82) is 0 Å². The van der Waals surface area contributed by atoms with Crippen LogP contribution in [0.3, 0.4) is 0 Å². The molecule has 5 unspecified atom stereocenters. The first-order valence-corrected chi connectivity index (χ1v) is 8.83. The van der Waals surface area contributed by atoms with Gasteiger partial charge in [-0.15, -0.1) is 0 Å². The van der Waals surface area contributed by atoms with Gasteiger partial charge < -0.3 is 31.9 Å². The number of hydrogen-bond donors (Lipinski definition) is 7. The highest BCUT2D eigenvalue weighted by Crippen LogP contribution is 2.06. The average molecular weight is 392 g/mol. The van der Waals surface area contributed by atoms with Crippen molar-refractivity contribution >= 4 is 36.3 Å². The number of thiol groups is 1. The Kier molecular flexibility index (Phi) is 10.9. The molecule has 0 aromatic heterocycles. The van der Waals surface area contributed by atoms with Crippen molar-refractivity contribution in [2.75, 3.05) is 12.3 Å².